The first kappa shape index (κ1) is 6.66. The Bertz CT molecular complexity index is 131. The van der Waals surface area contributed by atoms with Crippen LogP contribution in [0, 0.1) is 5.92 Å². The van der Waals surface area contributed by atoms with Gasteiger partial charge in [0.1, 0.15) is 0 Å². The molecule has 1 aliphatic carbocycles. The maximum atomic E-state index is 2.67. The topological polar surface area (TPSA) is 3.24 Å². The second kappa shape index (κ2) is 2.23. The van der Waals surface area contributed by atoms with Gasteiger partial charge in [0.2, 0.25) is 0 Å². The minimum atomic E-state index is 0.787. The summed E-state index contributed by atoms with van der Waals surface area (Å²) < 4.78 is 0. The molecular weight excluding hydrogens is 122 g/mol. The first-order chi connectivity index (χ1) is 4.79. The number of hydrogen-bond donors (Lipinski definition) is 0. The SMILES string of the molecule is CC(C)N1CCCC2CC21. The van der Waals surface area contributed by atoms with Crippen LogP contribution in [-0.4, -0.2) is 23.5 Å². The molecular formula is C9H17N. The van der Waals surface area contributed by atoms with Crippen LogP contribution in [0.2, 0.25) is 0 Å². The van der Waals surface area contributed by atoms with Gasteiger partial charge in [-0.15, -0.1) is 0 Å². The second-order valence-electron chi connectivity index (χ2n) is 4.04. The largest absolute Gasteiger partial charge is 0.298 e. The van der Waals surface area contributed by atoms with E-state index in [1.807, 2.05) is 0 Å². The molecule has 0 aromatic heterocycles. The van der Waals surface area contributed by atoms with Crippen LogP contribution < -0.4 is 0 Å². The van der Waals surface area contributed by atoms with Gasteiger partial charge in [0.15, 0.2) is 0 Å². The molecule has 2 unspecified atom stereocenters. The van der Waals surface area contributed by atoms with Crippen LogP contribution in [0.5, 0.6) is 0 Å². The van der Waals surface area contributed by atoms with E-state index >= 15 is 0 Å². The van der Waals surface area contributed by atoms with Gasteiger partial charge in [-0.05, 0) is 45.6 Å². The van der Waals surface area contributed by atoms with Gasteiger partial charge >= 0.3 is 0 Å². The third kappa shape index (κ3) is 0.968. The van der Waals surface area contributed by atoms with Crippen LogP contribution in [0.15, 0.2) is 0 Å². The number of likely N-dealkylation sites (tertiary alicyclic amines) is 1. The third-order valence-electron chi connectivity index (χ3n) is 2.97. The Morgan fingerprint density at radius 3 is 2.80 bits per heavy atom. The van der Waals surface area contributed by atoms with E-state index in [2.05, 4.69) is 18.7 Å². The highest BCUT2D eigenvalue weighted by Gasteiger charge is 2.44. The molecule has 1 aliphatic heterocycles. The van der Waals surface area contributed by atoms with Crippen molar-refractivity contribution >= 4 is 0 Å². The fraction of sp³-hybridized carbons (Fsp3) is 1.00. The van der Waals surface area contributed by atoms with Crippen LogP contribution >= 0.6 is 0 Å². The third-order valence-corrected chi connectivity index (χ3v) is 2.97. The average molecular weight is 139 g/mol. The summed E-state index contributed by atoms with van der Waals surface area (Å²) in [5.74, 6) is 1.09. The van der Waals surface area contributed by atoms with Crippen molar-refractivity contribution in [3.63, 3.8) is 0 Å². The molecule has 0 bridgehead atoms. The van der Waals surface area contributed by atoms with Crippen LogP contribution in [0.1, 0.15) is 33.1 Å². The lowest BCUT2D eigenvalue weighted by molar-refractivity contribution is 0.172. The van der Waals surface area contributed by atoms with Gasteiger partial charge in [0.25, 0.3) is 0 Å². The molecule has 0 aromatic carbocycles. The predicted molar refractivity (Wildman–Crippen MR) is 43.0 cm³/mol. The van der Waals surface area contributed by atoms with Crippen molar-refractivity contribution in [2.75, 3.05) is 6.54 Å². The molecule has 0 aromatic rings. The summed E-state index contributed by atoms with van der Waals surface area (Å²) in [6.45, 7) is 6.00. The van der Waals surface area contributed by atoms with Crippen LogP contribution in [0.3, 0.4) is 0 Å². The van der Waals surface area contributed by atoms with E-state index in [-0.39, 0.29) is 0 Å². The molecule has 2 aliphatic rings. The van der Waals surface area contributed by atoms with Gasteiger partial charge in [0.05, 0.1) is 0 Å². The van der Waals surface area contributed by atoms with Crippen molar-refractivity contribution in [2.45, 2.75) is 45.2 Å². The fourth-order valence-electron chi connectivity index (χ4n) is 2.29. The minimum Gasteiger partial charge on any atom is -0.298 e. The molecule has 58 valence electrons. The molecule has 1 saturated carbocycles. The molecule has 2 rings (SSSR count). The fourth-order valence-corrected chi connectivity index (χ4v) is 2.29. The van der Waals surface area contributed by atoms with E-state index in [9.17, 15) is 0 Å². The van der Waals surface area contributed by atoms with Gasteiger partial charge in [-0.1, -0.05) is 0 Å². The lowest BCUT2D eigenvalue weighted by Gasteiger charge is -2.29. The van der Waals surface area contributed by atoms with E-state index in [0.717, 1.165) is 18.0 Å². The molecule has 0 radical (unpaired) electrons. The molecule has 1 saturated heterocycles. The highest BCUT2D eigenvalue weighted by atomic mass is 15.2. The normalized spacial score (nSPS) is 39.9. The summed E-state index contributed by atoms with van der Waals surface area (Å²) in [7, 11) is 0. The molecule has 1 heterocycles. The molecule has 0 N–H and O–H groups in total. The van der Waals surface area contributed by atoms with Crippen molar-refractivity contribution in [2.24, 2.45) is 5.92 Å². The number of fused-ring (bicyclic) bond motifs is 1. The lowest BCUT2D eigenvalue weighted by atomic mass is 10.1. The lowest BCUT2D eigenvalue weighted by Crippen LogP contribution is -2.37. The molecule has 0 spiro atoms. The summed E-state index contributed by atoms with van der Waals surface area (Å²) in [6.07, 6.45) is 4.45. The Hall–Kier alpha value is -0.0400. The zero-order valence-electron chi connectivity index (χ0n) is 7.01. The van der Waals surface area contributed by atoms with Crippen LogP contribution in [0.4, 0.5) is 0 Å². The summed E-state index contributed by atoms with van der Waals surface area (Å²) >= 11 is 0. The maximum absolute atomic E-state index is 2.67. The smallest absolute Gasteiger partial charge is 0.0130 e. The molecule has 0 amide bonds. The summed E-state index contributed by atoms with van der Waals surface area (Å²) in [6, 6.07) is 1.78. The molecule has 2 atom stereocenters. The molecule has 1 heteroatoms. The van der Waals surface area contributed by atoms with Crippen molar-refractivity contribution < 1.29 is 0 Å². The standard InChI is InChI=1S/C9H17N/c1-7(2)10-5-3-4-8-6-9(8)10/h7-9H,3-6H2,1-2H3. The first-order valence-corrected chi connectivity index (χ1v) is 4.55. The van der Waals surface area contributed by atoms with Crippen LogP contribution in [0.25, 0.3) is 0 Å². The summed E-state index contributed by atoms with van der Waals surface area (Å²) in [5, 5.41) is 0. The van der Waals surface area contributed by atoms with E-state index in [1.54, 1.807) is 0 Å². The monoisotopic (exact) mass is 139 g/mol. The first-order valence-electron chi connectivity index (χ1n) is 4.55. The quantitative estimate of drug-likeness (QED) is 0.536. The van der Waals surface area contributed by atoms with E-state index < -0.39 is 0 Å². The maximum Gasteiger partial charge on any atom is 0.0130 e. The average Bonchev–Trinajstić information content (AvgIpc) is 2.63. The van der Waals surface area contributed by atoms with Crippen molar-refractivity contribution in [1.82, 2.24) is 4.90 Å². The summed E-state index contributed by atoms with van der Waals surface area (Å²) in [4.78, 5) is 2.67. The highest BCUT2D eigenvalue weighted by Crippen LogP contribution is 2.43. The predicted octanol–water partition coefficient (Wildman–Crippen LogP) is 1.88. The van der Waals surface area contributed by atoms with Gasteiger partial charge < -0.3 is 0 Å². The van der Waals surface area contributed by atoms with E-state index in [0.29, 0.717) is 0 Å². The van der Waals surface area contributed by atoms with Crippen molar-refractivity contribution in [3.05, 3.63) is 0 Å². The Kier molecular flexibility index (Phi) is 1.48. The van der Waals surface area contributed by atoms with Gasteiger partial charge in [0, 0.05) is 12.1 Å². The number of hydrogen-bond acceptors (Lipinski definition) is 1. The molecule has 1 nitrogen and oxygen atoms in total. The Morgan fingerprint density at radius 2 is 2.20 bits per heavy atom. The Labute approximate surface area is 63.4 Å². The number of nitrogens with zero attached hydrogens (tertiary/aromatic N) is 1. The Balaban J connectivity index is 1.96. The van der Waals surface area contributed by atoms with E-state index in [4.69, 9.17) is 0 Å². The zero-order chi connectivity index (χ0) is 7.14. The molecule has 10 heavy (non-hydrogen) atoms. The highest BCUT2D eigenvalue weighted by molar-refractivity contribution is 4.98. The van der Waals surface area contributed by atoms with Crippen molar-refractivity contribution in [1.29, 1.82) is 0 Å². The second-order valence-corrected chi connectivity index (χ2v) is 4.04. The number of rotatable bonds is 1. The van der Waals surface area contributed by atoms with Gasteiger partial charge in [-0.3, -0.25) is 4.90 Å². The van der Waals surface area contributed by atoms with Crippen molar-refractivity contribution in [3.8, 4) is 0 Å². The Morgan fingerprint density at radius 1 is 1.40 bits per heavy atom. The minimum absolute atomic E-state index is 0.787. The van der Waals surface area contributed by atoms with Gasteiger partial charge in [-0.25, -0.2) is 0 Å². The number of piperidine rings is 1. The zero-order valence-corrected chi connectivity index (χ0v) is 7.01. The van der Waals surface area contributed by atoms with E-state index in [1.165, 1.54) is 25.8 Å². The van der Waals surface area contributed by atoms with Gasteiger partial charge in [-0.2, -0.15) is 0 Å². The van der Waals surface area contributed by atoms with Crippen LogP contribution in [-0.2, 0) is 0 Å². The summed E-state index contributed by atoms with van der Waals surface area (Å²) in [5.41, 5.74) is 0. The molecule has 2 fully saturated rings.